The summed E-state index contributed by atoms with van der Waals surface area (Å²) in [4.78, 5) is 79.9. The molecule has 6 heterocycles. The number of piperidine rings is 1. The standard InChI is InChI=1S/C58H77N13O7S/c1-9-41(10-2)71-45(11-3)50-44(29-59)62-34-70(50)47-31-61-57(67-53(47)71)65-43-20-19-39(27-48(43)77-8)54(74)64-40-21-24-68(25-22-40)23-13-12-14-26-78-33-49(73)66-52(58(5,6)7)56(76)69-32-42(72)28-46(69)55(75)60-30-37-15-17-38(18-16-37)51-36(4)63-35-79-51/h15-20,27,31,34-35,40-42,45-46,52,72H,9-14,21-26,28,30,32-33H2,1-8H3,(H,60,75)(H,64,74)(H,66,73)(H,61,65,67)/t42-,45-,46+,52-/m1/s1. The van der Waals surface area contributed by atoms with Crippen LogP contribution in [-0.2, 0) is 25.7 Å². The molecule has 2 aromatic carbocycles. The Labute approximate surface area is 467 Å². The first-order valence-electron chi connectivity index (χ1n) is 27.8. The van der Waals surface area contributed by atoms with Crippen LogP contribution >= 0.6 is 11.3 Å². The normalized spacial score (nSPS) is 17.9. The van der Waals surface area contributed by atoms with Crippen molar-refractivity contribution in [3.63, 3.8) is 0 Å². The minimum absolute atomic E-state index is 0.00540. The average molecular weight is 1100 g/mol. The number of carbonyl (C=O) groups is 4. The largest absolute Gasteiger partial charge is 0.495 e. The molecule has 3 aliphatic rings. The van der Waals surface area contributed by atoms with Crippen molar-refractivity contribution in [2.45, 2.75) is 149 Å². The van der Waals surface area contributed by atoms with E-state index in [0.717, 1.165) is 110 Å². The lowest BCUT2D eigenvalue weighted by Crippen LogP contribution is -2.58. The van der Waals surface area contributed by atoms with E-state index in [1.165, 1.54) is 4.90 Å². The number of anilines is 3. The third kappa shape index (κ3) is 13.7. The lowest BCUT2D eigenvalue weighted by molar-refractivity contribution is -0.144. The maximum atomic E-state index is 14.1. The van der Waals surface area contributed by atoms with Gasteiger partial charge in [0, 0.05) is 56.9 Å². The lowest BCUT2D eigenvalue weighted by Gasteiger charge is -2.42. The van der Waals surface area contributed by atoms with Crippen LogP contribution in [0.2, 0.25) is 0 Å². The number of aromatic nitrogens is 5. The Bertz CT molecular complexity index is 2960. The summed E-state index contributed by atoms with van der Waals surface area (Å²) < 4.78 is 13.5. The number of rotatable bonds is 23. The van der Waals surface area contributed by atoms with Crippen LogP contribution in [0, 0.1) is 23.7 Å². The van der Waals surface area contributed by atoms with E-state index in [1.54, 1.807) is 49.2 Å². The molecule has 2 fully saturated rings. The number of amides is 4. The first-order chi connectivity index (χ1) is 38.0. The monoisotopic (exact) mass is 1100 g/mol. The lowest BCUT2D eigenvalue weighted by atomic mass is 9.85. The van der Waals surface area contributed by atoms with E-state index in [0.29, 0.717) is 35.2 Å². The third-order valence-corrected chi connectivity index (χ3v) is 16.4. The molecule has 2 saturated heterocycles. The van der Waals surface area contributed by atoms with Gasteiger partial charge in [-0.2, -0.15) is 10.2 Å². The molecular formula is C58H77N13O7S. The molecule has 5 aromatic rings. The summed E-state index contributed by atoms with van der Waals surface area (Å²) in [6.45, 7) is 17.1. The number of fused-ring (bicyclic) bond motifs is 3. The minimum Gasteiger partial charge on any atom is -0.495 e. The van der Waals surface area contributed by atoms with Crippen LogP contribution in [0.1, 0.15) is 138 Å². The molecule has 0 spiro atoms. The van der Waals surface area contributed by atoms with Crippen molar-refractivity contribution < 1.29 is 33.8 Å². The molecular weight excluding hydrogens is 1020 g/mol. The van der Waals surface area contributed by atoms with Gasteiger partial charge in [-0.1, -0.05) is 65.8 Å². The zero-order chi connectivity index (χ0) is 56.4. The number of ether oxygens (including phenoxy) is 2. The summed E-state index contributed by atoms with van der Waals surface area (Å²) in [6, 6.07) is 13.8. The number of thiazole rings is 1. The first-order valence-corrected chi connectivity index (χ1v) is 28.7. The second kappa shape index (κ2) is 26.3. The number of nitrogens with zero attached hydrogens (tertiary/aromatic N) is 9. The maximum Gasteiger partial charge on any atom is 0.251 e. The van der Waals surface area contributed by atoms with Crippen molar-refractivity contribution in [3.05, 3.63) is 88.7 Å². The van der Waals surface area contributed by atoms with Gasteiger partial charge in [0.05, 0.1) is 52.9 Å². The highest BCUT2D eigenvalue weighted by atomic mass is 32.1. The zero-order valence-corrected chi connectivity index (χ0v) is 47.7. The molecule has 3 aliphatic heterocycles. The van der Waals surface area contributed by atoms with E-state index >= 15 is 0 Å². The molecule has 5 N–H and O–H groups in total. The predicted molar refractivity (Wildman–Crippen MR) is 303 cm³/mol. The van der Waals surface area contributed by atoms with Crippen molar-refractivity contribution >= 4 is 52.4 Å². The number of aliphatic hydroxyl groups excluding tert-OH is 1. The van der Waals surface area contributed by atoms with Gasteiger partial charge in [-0.15, -0.1) is 11.3 Å². The summed E-state index contributed by atoms with van der Waals surface area (Å²) in [6.07, 6.45) is 9.55. The number of imidazole rings is 1. The van der Waals surface area contributed by atoms with Crippen LogP contribution in [-0.4, -0.2) is 140 Å². The Morgan fingerprint density at radius 3 is 2.42 bits per heavy atom. The number of hydrogen-bond acceptors (Lipinski definition) is 16. The predicted octanol–water partition coefficient (Wildman–Crippen LogP) is 7.37. The van der Waals surface area contributed by atoms with Crippen molar-refractivity contribution in [1.29, 1.82) is 5.26 Å². The van der Waals surface area contributed by atoms with Crippen molar-refractivity contribution in [3.8, 4) is 27.9 Å². The van der Waals surface area contributed by atoms with Gasteiger partial charge < -0.3 is 50.5 Å². The number of methoxy groups -OCH3 is 1. The molecule has 21 heteroatoms. The fourth-order valence-corrected chi connectivity index (χ4v) is 11.8. The highest BCUT2D eigenvalue weighted by Crippen LogP contribution is 2.43. The molecule has 0 unspecified atom stereocenters. The number of nitrogens with one attached hydrogen (secondary N) is 4. The van der Waals surface area contributed by atoms with Gasteiger partial charge in [0.2, 0.25) is 23.7 Å². The fourth-order valence-electron chi connectivity index (χ4n) is 11.0. The second-order valence-electron chi connectivity index (χ2n) is 21.9. The molecule has 0 aliphatic carbocycles. The Hall–Kier alpha value is -6.99. The van der Waals surface area contributed by atoms with Gasteiger partial charge >= 0.3 is 0 Å². The molecule has 0 radical (unpaired) electrons. The highest BCUT2D eigenvalue weighted by Gasteiger charge is 2.45. The minimum atomic E-state index is -0.942. The number of nitriles is 1. The molecule has 4 atom stereocenters. The Morgan fingerprint density at radius 1 is 0.987 bits per heavy atom. The van der Waals surface area contributed by atoms with E-state index in [-0.39, 0.29) is 56.1 Å². The Kier molecular flexibility index (Phi) is 19.4. The van der Waals surface area contributed by atoms with Crippen LogP contribution in [0.3, 0.4) is 0 Å². The summed E-state index contributed by atoms with van der Waals surface area (Å²) in [7, 11) is 1.57. The van der Waals surface area contributed by atoms with Gasteiger partial charge in [0.25, 0.3) is 5.91 Å². The number of hydrogen-bond donors (Lipinski definition) is 5. The molecule has 422 valence electrons. The highest BCUT2D eigenvalue weighted by molar-refractivity contribution is 7.13. The van der Waals surface area contributed by atoms with Crippen LogP contribution < -0.4 is 30.9 Å². The van der Waals surface area contributed by atoms with E-state index in [1.807, 2.05) is 62.0 Å². The van der Waals surface area contributed by atoms with Crippen LogP contribution in [0.5, 0.6) is 5.75 Å². The number of β-amino-alcohol motifs (C(OH)–C–C–N with tert-alkyl or cyclic N) is 1. The Morgan fingerprint density at radius 2 is 1.75 bits per heavy atom. The van der Waals surface area contributed by atoms with E-state index < -0.39 is 35.4 Å². The topological polar surface area (TPSA) is 245 Å². The number of aliphatic hydroxyl groups is 1. The smallest absolute Gasteiger partial charge is 0.251 e. The SMILES string of the molecule is CCC(CC)N1c2nc(Nc3ccc(C(=O)NC4CCN(CCCCCOCC(=O)N[C@H](C(=O)N5C[C@H](O)C[C@H]5C(=O)NCc5ccc(-c6scnc6C)cc5)C(C)(C)C)CC4)cc3OC)ncc2-n2cnc(C#N)c2[C@H]1CC. The van der Waals surface area contributed by atoms with E-state index in [2.05, 4.69) is 72.9 Å². The zero-order valence-electron chi connectivity index (χ0n) is 46.9. The summed E-state index contributed by atoms with van der Waals surface area (Å²) in [5.41, 5.74) is 7.18. The number of aryl methyl sites for hydroxylation is 1. The number of benzene rings is 2. The van der Waals surface area contributed by atoms with Crippen LogP contribution in [0.25, 0.3) is 16.1 Å². The molecule has 0 bridgehead atoms. The fraction of sp³-hybridized carbons (Fsp3) is 0.534. The Balaban J connectivity index is 0.738. The number of likely N-dealkylation sites (tertiary alicyclic amines) is 2. The molecule has 8 rings (SSSR count). The van der Waals surface area contributed by atoms with Crippen molar-refractivity contribution in [2.75, 3.05) is 56.7 Å². The average Bonchev–Trinajstić information content (AvgIpc) is 4.33. The molecule has 3 aromatic heterocycles. The van der Waals surface area contributed by atoms with Gasteiger partial charge in [0.15, 0.2) is 11.5 Å². The summed E-state index contributed by atoms with van der Waals surface area (Å²) >= 11 is 1.58. The van der Waals surface area contributed by atoms with Gasteiger partial charge in [-0.3, -0.25) is 23.7 Å². The van der Waals surface area contributed by atoms with Crippen molar-refractivity contribution in [2.24, 2.45) is 5.41 Å². The van der Waals surface area contributed by atoms with Gasteiger partial charge in [-0.05, 0) is 99.6 Å². The molecule has 79 heavy (non-hydrogen) atoms. The molecule has 0 saturated carbocycles. The van der Waals surface area contributed by atoms with Crippen LogP contribution in [0.15, 0.2) is 60.5 Å². The summed E-state index contributed by atoms with van der Waals surface area (Å²) in [5, 5.41) is 32.9. The maximum absolute atomic E-state index is 14.1. The third-order valence-electron chi connectivity index (χ3n) is 15.4. The number of carbonyl (C=O) groups excluding carboxylic acids is 4. The summed E-state index contributed by atoms with van der Waals surface area (Å²) in [5.74, 6) is 0.246. The van der Waals surface area contributed by atoms with E-state index in [4.69, 9.17) is 14.5 Å². The van der Waals surface area contributed by atoms with Crippen LogP contribution in [0.4, 0.5) is 17.5 Å². The van der Waals surface area contributed by atoms with Gasteiger partial charge in [0.1, 0.15) is 42.5 Å². The van der Waals surface area contributed by atoms with Gasteiger partial charge in [-0.25, -0.2) is 15.0 Å². The second-order valence-corrected chi connectivity index (χ2v) is 22.7. The quantitative estimate of drug-likeness (QED) is 0.0401. The van der Waals surface area contributed by atoms with E-state index in [9.17, 15) is 29.5 Å². The molecule has 20 nitrogen and oxygen atoms in total. The molecule has 4 amide bonds. The first kappa shape index (κ1) is 58.2. The van der Waals surface area contributed by atoms with Crippen molar-refractivity contribution in [1.82, 2.24) is 50.3 Å². The number of unbranched alkanes of at least 4 members (excludes halogenated alkanes) is 2.